The maximum absolute atomic E-state index is 3.50. The summed E-state index contributed by atoms with van der Waals surface area (Å²) in [7, 11) is 0. The van der Waals surface area contributed by atoms with E-state index in [1.165, 1.54) is 30.7 Å². The second-order valence-corrected chi connectivity index (χ2v) is 5.66. The smallest absolute Gasteiger partial charge is 0.00491 e. The van der Waals surface area contributed by atoms with Crippen LogP contribution < -0.4 is 5.32 Å². The van der Waals surface area contributed by atoms with Crippen LogP contribution in [-0.2, 0) is 0 Å². The van der Waals surface area contributed by atoms with Crippen LogP contribution in [0.15, 0.2) is 11.4 Å². The molecule has 1 N–H and O–H groups in total. The molecule has 0 aromatic carbocycles. The Hall–Kier alpha value is -0.340. The zero-order valence-electron chi connectivity index (χ0n) is 9.75. The summed E-state index contributed by atoms with van der Waals surface area (Å²) in [4.78, 5) is 1.53. The first-order valence-electron chi connectivity index (χ1n) is 6.07. The SMILES string of the molecule is CCNCC1CCCC1c1ccsc1C. The first-order valence-corrected chi connectivity index (χ1v) is 6.95. The molecule has 1 fully saturated rings. The van der Waals surface area contributed by atoms with Crippen molar-refractivity contribution in [3.63, 3.8) is 0 Å². The number of hydrogen-bond acceptors (Lipinski definition) is 2. The number of aryl methyl sites for hydroxylation is 1. The fraction of sp³-hybridized carbons (Fsp3) is 0.692. The Bertz CT molecular complexity index is 305. The Balaban J connectivity index is 2.04. The van der Waals surface area contributed by atoms with Crippen molar-refractivity contribution in [1.29, 1.82) is 0 Å². The fourth-order valence-corrected chi connectivity index (χ4v) is 3.57. The Morgan fingerprint density at radius 2 is 2.33 bits per heavy atom. The van der Waals surface area contributed by atoms with Crippen molar-refractivity contribution >= 4 is 11.3 Å². The summed E-state index contributed by atoms with van der Waals surface area (Å²) in [5.41, 5.74) is 1.63. The highest BCUT2D eigenvalue weighted by atomic mass is 32.1. The van der Waals surface area contributed by atoms with Crippen molar-refractivity contribution in [1.82, 2.24) is 5.32 Å². The summed E-state index contributed by atoms with van der Waals surface area (Å²) in [6, 6.07) is 2.34. The van der Waals surface area contributed by atoms with E-state index in [4.69, 9.17) is 0 Å². The summed E-state index contributed by atoms with van der Waals surface area (Å²) in [5.74, 6) is 1.70. The molecular formula is C13H21NS. The highest BCUT2D eigenvalue weighted by molar-refractivity contribution is 7.10. The van der Waals surface area contributed by atoms with E-state index in [0.29, 0.717) is 0 Å². The predicted molar refractivity (Wildman–Crippen MR) is 67.7 cm³/mol. The lowest BCUT2D eigenvalue weighted by Crippen LogP contribution is -2.24. The highest BCUT2D eigenvalue weighted by Crippen LogP contribution is 2.41. The normalized spacial score (nSPS) is 26.0. The largest absolute Gasteiger partial charge is 0.317 e. The summed E-state index contributed by atoms with van der Waals surface area (Å²) in [5, 5.41) is 5.75. The van der Waals surface area contributed by atoms with Crippen LogP contribution in [0.25, 0.3) is 0 Å². The van der Waals surface area contributed by atoms with Crippen molar-refractivity contribution in [2.24, 2.45) is 5.92 Å². The third-order valence-corrected chi connectivity index (χ3v) is 4.48. The molecule has 0 spiro atoms. The van der Waals surface area contributed by atoms with Crippen molar-refractivity contribution in [3.05, 3.63) is 21.9 Å². The van der Waals surface area contributed by atoms with Crippen LogP contribution in [0.5, 0.6) is 0 Å². The van der Waals surface area contributed by atoms with Gasteiger partial charge in [0.2, 0.25) is 0 Å². The van der Waals surface area contributed by atoms with Gasteiger partial charge in [-0.05, 0) is 61.7 Å². The maximum atomic E-state index is 3.50. The third-order valence-electron chi connectivity index (χ3n) is 3.61. The Labute approximate surface area is 96.9 Å². The average Bonchev–Trinajstić information content (AvgIpc) is 2.82. The second-order valence-electron chi connectivity index (χ2n) is 4.54. The van der Waals surface area contributed by atoms with Gasteiger partial charge in [0.15, 0.2) is 0 Å². The predicted octanol–water partition coefficient (Wildman–Crippen LogP) is 3.55. The third kappa shape index (κ3) is 2.43. The molecule has 2 atom stereocenters. The molecule has 1 heterocycles. The molecule has 1 aliphatic rings. The summed E-state index contributed by atoms with van der Waals surface area (Å²) < 4.78 is 0. The van der Waals surface area contributed by atoms with E-state index in [0.717, 1.165) is 18.4 Å². The first-order chi connectivity index (χ1) is 7.33. The van der Waals surface area contributed by atoms with Gasteiger partial charge < -0.3 is 5.32 Å². The Morgan fingerprint density at radius 3 is 3.00 bits per heavy atom. The van der Waals surface area contributed by atoms with Gasteiger partial charge in [-0.15, -0.1) is 11.3 Å². The van der Waals surface area contributed by atoms with Crippen molar-refractivity contribution < 1.29 is 0 Å². The minimum absolute atomic E-state index is 0.829. The maximum Gasteiger partial charge on any atom is 0.00491 e. The Morgan fingerprint density at radius 1 is 1.47 bits per heavy atom. The molecule has 0 bridgehead atoms. The van der Waals surface area contributed by atoms with Crippen LogP contribution in [-0.4, -0.2) is 13.1 Å². The number of hydrogen-bond donors (Lipinski definition) is 1. The standard InChI is InChI=1S/C13H21NS/c1-3-14-9-11-5-4-6-13(11)12-7-8-15-10(12)2/h7-8,11,13-14H,3-6,9H2,1-2H3. The topological polar surface area (TPSA) is 12.0 Å². The van der Waals surface area contributed by atoms with Gasteiger partial charge in [0.25, 0.3) is 0 Å². The molecule has 1 saturated carbocycles. The molecule has 1 aromatic heterocycles. The highest BCUT2D eigenvalue weighted by Gasteiger charge is 2.29. The molecule has 1 aliphatic carbocycles. The number of nitrogens with one attached hydrogen (secondary N) is 1. The lowest BCUT2D eigenvalue weighted by molar-refractivity contribution is 0.450. The molecule has 1 aromatic rings. The van der Waals surface area contributed by atoms with E-state index in [9.17, 15) is 0 Å². The van der Waals surface area contributed by atoms with Gasteiger partial charge in [-0.2, -0.15) is 0 Å². The molecule has 0 aliphatic heterocycles. The van der Waals surface area contributed by atoms with Gasteiger partial charge >= 0.3 is 0 Å². The lowest BCUT2D eigenvalue weighted by Gasteiger charge is -2.20. The van der Waals surface area contributed by atoms with E-state index in [1.54, 1.807) is 5.56 Å². The quantitative estimate of drug-likeness (QED) is 0.823. The molecule has 0 radical (unpaired) electrons. The van der Waals surface area contributed by atoms with Crippen LogP contribution in [0, 0.1) is 12.8 Å². The van der Waals surface area contributed by atoms with Crippen molar-refractivity contribution in [3.8, 4) is 0 Å². The van der Waals surface area contributed by atoms with E-state index in [-0.39, 0.29) is 0 Å². The van der Waals surface area contributed by atoms with E-state index < -0.39 is 0 Å². The van der Waals surface area contributed by atoms with Crippen LogP contribution in [0.2, 0.25) is 0 Å². The molecule has 15 heavy (non-hydrogen) atoms. The monoisotopic (exact) mass is 223 g/mol. The van der Waals surface area contributed by atoms with Gasteiger partial charge in [-0.25, -0.2) is 0 Å². The summed E-state index contributed by atoms with van der Waals surface area (Å²) >= 11 is 1.90. The molecule has 1 nitrogen and oxygen atoms in total. The summed E-state index contributed by atoms with van der Waals surface area (Å²) in [6.07, 6.45) is 4.22. The molecule has 0 saturated heterocycles. The van der Waals surface area contributed by atoms with Gasteiger partial charge in [-0.3, -0.25) is 0 Å². The molecule has 84 valence electrons. The molecule has 0 amide bonds. The minimum Gasteiger partial charge on any atom is -0.317 e. The number of rotatable bonds is 4. The van der Waals surface area contributed by atoms with E-state index in [2.05, 4.69) is 30.6 Å². The minimum atomic E-state index is 0.829. The van der Waals surface area contributed by atoms with Gasteiger partial charge in [-0.1, -0.05) is 13.3 Å². The fourth-order valence-electron chi connectivity index (χ4n) is 2.80. The number of thiophene rings is 1. The van der Waals surface area contributed by atoms with Crippen molar-refractivity contribution in [2.75, 3.05) is 13.1 Å². The van der Waals surface area contributed by atoms with E-state index >= 15 is 0 Å². The van der Waals surface area contributed by atoms with Crippen LogP contribution >= 0.6 is 11.3 Å². The lowest BCUT2D eigenvalue weighted by atomic mass is 9.89. The summed E-state index contributed by atoms with van der Waals surface area (Å²) in [6.45, 7) is 6.77. The average molecular weight is 223 g/mol. The van der Waals surface area contributed by atoms with E-state index in [1.807, 2.05) is 11.3 Å². The Kier molecular flexibility index (Phi) is 3.81. The molecule has 2 unspecified atom stereocenters. The first kappa shape index (κ1) is 11.2. The molecular weight excluding hydrogens is 202 g/mol. The van der Waals surface area contributed by atoms with Gasteiger partial charge in [0.05, 0.1) is 0 Å². The van der Waals surface area contributed by atoms with Gasteiger partial charge in [0, 0.05) is 4.88 Å². The zero-order valence-corrected chi connectivity index (χ0v) is 10.6. The zero-order chi connectivity index (χ0) is 10.7. The molecule has 2 heteroatoms. The van der Waals surface area contributed by atoms with Crippen LogP contribution in [0.3, 0.4) is 0 Å². The second kappa shape index (κ2) is 5.13. The van der Waals surface area contributed by atoms with Crippen LogP contribution in [0.1, 0.15) is 42.5 Å². The molecule has 2 rings (SSSR count). The van der Waals surface area contributed by atoms with Gasteiger partial charge in [0.1, 0.15) is 0 Å². The van der Waals surface area contributed by atoms with Crippen molar-refractivity contribution in [2.45, 2.75) is 39.0 Å². The van der Waals surface area contributed by atoms with Crippen LogP contribution in [0.4, 0.5) is 0 Å².